The van der Waals surface area contributed by atoms with Gasteiger partial charge in [-0.1, -0.05) is 42.2 Å². The maximum absolute atomic E-state index is 13.5. The molecule has 0 unspecified atom stereocenters. The molecule has 2 heterocycles. The molecule has 0 bridgehead atoms. The molecule has 2 saturated heterocycles. The van der Waals surface area contributed by atoms with Crippen molar-refractivity contribution in [3.05, 3.63) is 35.9 Å². The highest BCUT2D eigenvalue weighted by atomic mass is 16.2. The van der Waals surface area contributed by atoms with Crippen LogP contribution in [0, 0.1) is 29.6 Å². The predicted octanol–water partition coefficient (Wildman–Crippen LogP) is 2.20. The van der Waals surface area contributed by atoms with Crippen LogP contribution in [-0.4, -0.2) is 52.8 Å². The van der Waals surface area contributed by atoms with Gasteiger partial charge in [-0.2, -0.15) is 0 Å². The van der Waals surface area contributed by atoms with E-state index in [4.69, 9.17) is 0 Å². The Balaban J connectivity index is 1.82. The Bertz CT molecular complexity index is 927. The summed E-state index contributed by atoms with van der Waals surface area (Å²) in [5.74, 6) is 10.4. The Kier molecular flexibility index (Phi) is 6.79. The summed E-state index contributed by atoms with van der Waals surface area (Å²) in [7, 11) is 0. The van der Waals surface area contributed by atoms with Crippen LogP contribution in [0.25, 0.3) is 0 Å². The van der Waals surface area contributed by atoms with Crippen molar-refractivity contribution >= 4 is 17.8 Å². The summed E-state index contributed by atoms with van der Waals surface area (Å²) in [6, 6.07) is 9.57. The highest BCUT2D eigenvalue weighted by Crippen LogP contribution is 2.37. The summed E-state index contributed by atoms with van der Waals surface area (Å²) in [6.45, 7) is 4.49. The van der Waals surface area contributed by atoms with Crippen LogP contribution in [0.15, 0.2) is 30.3 Å². The zero-order chi connectivity index (χ0) is 21.6. The molecule has 2 fully saturated rings. The summed E-state index contributed by atoms with van der Waals surface area (Å²) in [4.78, 5) is 41.2. The summed E-state index contributed by atoms with van der Waals surface area (Å²) in [5, 5.41) is 3.02. The van der Waals surface area contributed by atoms with Crippen molar-refractivity contribution in [2.75, 3.05) is 19.6 Å². The molecule has 1 N–H and O–H groups in total. The number of carbonyl (C=O) groups excluding carboxylic acids is 3. The summed E-state index contributed by atoms with van der Waals surface area (Å²) >= 11 is 0. The van der Waals surface area contributed by atoms with E-state index in [0.29, 0.717) is 38.8 Å². The van der Waals surface area contributed by atoms with E-state index in [1.54, 1.807) is 18.7 Å². The molecule has 0 aliphatic carbocycles. The van der Waals surface area contributed by atoms with Gasteiger partial charge >= 0.3 is 6.03 Å². The molecule has 0 spiro atoms. The van der Waals surface area contributed by atoms with Gasteiger partial charge in [0.25, 0.3) is 11.8 Å². The van der Waals surface area contributed by atoms with Crippen LogP contribution >= 0.6 is 0 Å². The SMILES string of the molecule is CC#CCN1C(=O)N[C@](CCc2ccccc2)(C2CCN(C(=O)C#CC)CC2)C1=O. The lowest BCUT2D eigenvalue weighted by atomic mass is 9.74. The fraction of sp³-hybridized carbons (Fsp3) is 0.458. The Labute approximate surface area is 178 Å². The molecule has 0 radical (unpaired) electrons. The van der Waals surface area contributed by atoms with Gasteiger partial charge in [0, 0.05) is 13.1 Å². The monoisotopic (exact) mass is 405 g/mol. The van der Waals surface area contributed by atoms with Crippen molar-refractivity contribution in [2.45, 2.75) is 45.1 Å². The minimum atomic E-state index is -0.964. The second-order valence-electron chi connectivity index (χ2n) is 7.65. The van der Waals surface area contributed by atoms with Crippen LogP contribution in [0.4, 0.5) is 4.79 Å². The number of carbonyl (C=O) groups is 3. The smallest absolute Gasteiger partial charge is 0.325 e. The molecular weight excluding hydrogens is 378 g/mol. The van der Waals surface area contributed by atoms with Crippen molar-refractivity contribution in [1.82, 2.24) is 15.1 Å². The first kappa shape index (κ1) is 21.5. The number of likely N-dealkylation sites (tertiary alicyclic amines) is 1. The van der Waals surface area contributed by atoms with Gasteiger partial charge in [0.1, 0.15) is 5.54 Å². The highest BCUT2D eigenvalue weighted by molar-refractivity contribution is 6.07. The predicted molar refractivity (Wildman–Crippen MR) is 114 cm³/mol. The van der Waals surface area contributed by atoms with Gasteiger partial charge in [-0.15, -0.1) is 5.92 Å². The standard InChI is InChI=1S/C24H27N3O3/c1-3-5-16-27-22(29)24(25-23(27)30,15-12-19-10-7-6-8-11-19)20-13-17-26(18-14-20)21(28)9-4-2/h6-8,10-11,20H,12-18H2,1-2H3,(H,25,30)/t24-/m1/s1. The second-order valence-corrected chi connectivity index (χ2v) is 7.65. The molecule has 6 heteroatoms. The zero-order valence-electron chi connectivity index (χ0n) is 17.5. The number of piperidine rings is 1. The molecule has 2 aliphatic heterocycles. The van der Waals surface area contributed by atoms with Gasteiger partial charge in [-0.05, 0) is 56.9 Å². The van der Waals surface area contributed by atoms with Crippen molar-refractivity contribution in [1.29, 1.82) is 0 Å². The highest BCUT2D eigenvalue weighted by Gasteiger charge is 2.55. The largest absolute Gasteiger partial charge is 0.332 e. The maximum Gasteiger partial charge on any atom is 0.325 e. The van der Waals surface area contributed by atoms with Crippen molar-refractivity contribution in [3.63, 3.8) is 0 Å². The first-order valence-electron chi connectivity index (χ1n) is 10.3. The Morgan fingerprint density at radius 2 is 1.83 bits per heavy atom. The topological polar surface area (TPSA) is 69.7 Å². The number of nitrogens with zero attached hydrogens (tertiary/aromatic N) is 2. The average molecular weight is 405 g/mol. The molecule has 3 rings (SSSR count). The van der Waals surface area contributed by atoms with Gasteiger partial charge in [0.05, 0.1) is 6.54 Å². The van der Waals surface area contributed by atoms with Crippen molar-refractivity contribution in [3.8, 4) is 23.7 Å². The van der Waals surface area contributed by atoms with Gasteiger partial charge in [0.2, 0.25) is 0 Å². The number of nitrogens with one attached hydrogen (secondary N) is 1. The second kappa shape index (κ2) is 9.50. The molecule has 6 nitrogen and oxygen atoms in total. The molecule has 0 saturated carbocycles. The van der Waals surface area contributed by atoms with Gasteiger partial charge in [-0.25, -0.2) is 4.79 Å². The molecule has 156 valence electrons. The summed E-state index contributed by atoms with van der Waals surface area (Å²) < 4.78 is 0. The van der Waals surface area contributed by atoms with Crippen LogP contribution < -0.4 is 5.32 Å². The summed E-state index contributed by atoms with van der Waals surface area (Å²) in [5.41, 5.74) is 0.157. The van der Waals surface area contributed by atoms with E-state index in [2.05, 4.69) is 29.0 Å². The number of benzene rings is 1. The third-order valence-corrected chi connectivity index (χ3v) is 5.98. The molecule has 1 atom stereocenters. The quantitative estimate of drug-likeness (QED) is 0.603. The number of hydrogen-bond donors (Lipinski definition) is 1. The Morgan fingerprint density at radius 1 is 1.13 bits per heavy atom. The number of imide groups is 1. The third kappa shape index (κ3) is 4.33. The van der Waals surface area contributed by atoms with Crippen molar-refractivity contribution in [2.24, 2.45) is 5.92 Å². The van der Waals surface area contributed by atoms with E-state index in [1.807, 2.05) is 30.3 Å². The Hall–Kier alpha value is -3.25. The number of urea groups is 1. The minimum absolute atomic E-state index is 0.0455. The average Bonchev–Trinajstić information content (AvgIpc) is 3.02. The van der Waals surface area contributed by atoms with E-state index < -0.39 is 5.54 Å². The third-order valence-electron chi connectivity index (χ3n) is 5.98. The first-order valence-corrected chi connectivity index (χ1v) is 10.3. The number of amides is 4. The van der Waals surface area contributed by atoms with Gasteiger partial charge < -0.3 is 10.2 Å². The number of hydrogen-bond acceptors (Lipinski definition) is 3. The minimum Gasteiger partial charge on any atom is -0.332 e. The maximum atomic E-state index is 13.5. The van der Waals surface area contributed by atoms with E-state index in [-0.39, 0.29) is 30.3 Å². The molecule has 0 aromatic heterocycles. The van der Waals surface area contributed by atoms with E-state index >= 15 is 0 Å². The van der Waals surface area contributed by atoms with Gasteiger partial charge in [-0.3, -0.25) is 14.5 Å². The lowest BCUT2D eigenvalue weighted by molar-refractivity contribution is -0.134. The van der Waals surface area contributed by atoms with Crippen molar-refractivity contribution < 1.29 is 14.4 Å². The number of aryl methyl sites for hydroxylation is 1. The molecule has 1 aromatic rings. The van der Waals surface area contributed by atoms with Gasteiger partial charge in [0.15, 0.2) is 0 Å². The Morgan fingerprint density at radius 3 is 2.47 bits per heavy atom. The zero-order valence-corrected chi connectivity index (χ0v) is 17.5. The van der Waals surface area contributed by atoms with E-state index in [9.17, 15) is 14.4 Å². The van der Waals surface area contributed by atoms with Crippen LogP contribution in [0.5, 0.6) is 0 Å². The molecular formula is C24H27N3O3. The van der Waals surface area contributed by atoms with Crippen LogP contribution in [0.3, 0.4) is 0 Å². The molecule has 2 aliphatic rings. The molecule has 30 heavy (non-hydrogen) atoms. The normalized spacial score (nSPS) is 21.4. The fourth-order valence-electron chi connectivity index (χ4n) is 4.34. The van der Waals surface area contributed by atoms with E-state index in [0.717, 1.165) is 5.56 Å². The van der Waals surface area contributed by atoms with Crippen LogP contribution in [-0.2, 0) is 16.0 Å². The van der Waals surface area contributed by atoms with E-state index in [1.165, 1.54) is 4.90 Å². The van der Waals surface area contributed by atoms with Crippen LogP contribution in [0.2, 0.25) is 0 Å². The lowest BCUT2D eigenvalue weighted by Crippen LogP contribution is -2.56. The van der Waals surface area contributed by atoms with Crippen LogP contribution in [0.1, 0.15) is 38.7 Å². The molecule has 4 amide bonds. The molecule has 1 aromatic carbocycles. The fourth-order valence-corrected chi connectivity index (χ4v) is 4.34. The lowest BCUT2D eigenvalue weighted by Gasteiger charge is -2.40. The summed E-state index contributed by atoms with van der Waals surface area (Å²) in [6.07, 6.45) is 2.49. The number of rotatable bonds is 5. The first-order chi connectivity index (χ1) is 14.5.